The monoisotopic (exact) mass is 347 g/mol. The van der Waals surface area contributed by atoms with Gasteiger partial charge in [0.2, 0.25) is 0 Å². The van der Waals surface area contributed by atoms with Crippen molar-refractivity contribution in [3.63, 3.8) is 0 Å². The Morgan fingerprint density at radius 2 is 1.69 bits per heavy atom. The van der Waals surface area contributed by atoms with E-state index in [9.17, 15) is 4.79 Å². The number of carbonyl (C=O) groups is 1. The molecule has 1 saturated heterocycles. The van der Waals surface area contributed by atoms with E-state index in [4.69, 9.17) is 0 Å². The SMILES string of the molecule is Cc1ccccc1N1CCN(C(=O)c2ccc3[nH]c(C)c(C)c3c2)CC1. The molecule has 0 radical (unpaired) electrons. The number of carbonyl (C=O) groups excluding carboxylic acids is 1. The van der Waals surface area contributed by atoms with Crippen molar-refractivity contribution in [1.82, 2.24) is 9.88 Å². The van der Waals surface area contributed by atoms with Gasteiger partial charge < -0.3 is 14.8 Å². The molecule has 2 aromatic carbocycles. The Balaban J connectivity index is 1.50. The number of benzene rings is 2. The van der Waals surface area contributed by atoms with Crippen LogP contribution >= 0.6 is 0 Å². The molecule has 0 aliphatic carbocycles. The van der Waals surface area contributed by atoms with Crippen LogP contribution in [-0.4, -0.2) is 42.0 Å². The summed E-state index contributed by atoms with van der Waals surface area (Å²) in [6, 6.07) is 14.4. The minimum Gasteiger partial charge on any atom is -0.368 e. The molecular weight excluding hydrogens is 322 g/mol. The van der Waals surface area contributed by atoms with Crippen LogP contribution in [0.15, 0.2) is 42.5 Å². The number of rotatable bonds is 2. The van der Waals surface area contributed by atoms with Gasteiger partial charge in [0, 0.05) is 54.0 Å². The summed E-state index contributed by atoms with van der Waals surface area (Å²) in [5.74, 6) is 0.134. The number of aromatic amines is 1. The molecule has 0 saturated carbocycles. The topological polar surface area (TPSA) is 39.3 Å². The van der Waals surface area contributed by atoms with E-state index in [0.29, 0.717) is 0 Å². The van der Waals surface area contributed by atoms with Crippen molar-refractivity contribution in [2.75, 3.05) is 31.1 Å². The number of hydrogen-bond acceptors (Lipinski definition) is 2. The summed E-state index contributed by atoms with van der Waals surface area (Å²) in [6.45, 7) is 9.59. The van der Waals surface area contributed by atoms with Gasteiger partial charge in [-0.25, -0.2) is 0 Å². The summed E-state index contributed by atoms with van der Waals surface area (Å²) in [5.41, 5.74) is 6.83. The molecule has 1 aliphatic rings. The van der Waals surface area contributed by atoms with E-state index < -0.39 is 0 Å². The highest BCUT2D eigenvalue weighted by Crippen LogP contribution is 2.24. The lowest BCUT2D eigenvalue weighted by atomic mass is 10.1. The van der Waals surface area contributed by atoms with Crippen molar-refractivity contribution in [1.29, 1.82) is 0 Å². The summed E-state index contributed by atoms with van der Waals surface area (Å²) >= 11 is 0. The van der Waals surface area contributed by atoms with Crippen LogP contribution in [0.5, 0.6) is 0 Å². The van der Waals surface area contributed by atoms with Crippen LogP contribution in [0, 0.1) is 20.8 Å². The number of H-pyrrole nitrogens is 1. The van der Waals surface area contributed by atoms with Crippen LogP contribution in [-0.2, 0) is 0 Å². The first-order valence-electron chi connectivity index (χ1n) is 9.23. The highest BCUT2D eigenvalue weighted by molar-refractivity contribution is 5.99. The normalized spacial score (nSPS) is 14.9. The maximum absolute atomic E-state index is 13.0. The molecule has 4 rings (SSSR count). The molecule has 1 amide bonds. The molecule has 0 unspecified atom stereocenters. The third kappa shape index (κ3) is 2.85. The number of para-hydroxylation sites is 1. The van der Waals surface area contributed by atoms with Crippen molar-refractivity contribution in [3.8, 4) is 0 Å². The van der Waals surface area contributed by atoms with Gasteiger partial charge in [0.05, 0.1) is 0 Å². The van der Waals surface area contributed by atoms with Crippen LogP contribution in [0.1, 0.15) is 27.2 Å². The molecule has 1 aliphatic heterocycles. The summed E-state index contributed by atoms with van der Waals surface area (Å²) < 4.78 is 0. The van der Waals surface area contributed by atoms with Gasteiger partial charge in [-0.05, 0) is 56.2 Å². The Morgan fingerprint density at radius 3 is 2.42 bits per heavy atom. The number of nitrogens with zero attached hydrogens (tertiary/aromatic N) is 2. The molecule has 1 N–H and O–H groups in total. The van der Waals surface area contributed by atoms with Gasteiger partial charge in [-0.2, -0.15) is 0 Å². The number of aromatic nitrogens is 1. The van der Waals surface area contributed by atoms with E-state index >= 15 is 0 Å². The third-order valence-corrected chi connectivity index (χ3v) is 5.58. The van der Waals surface area contributed by atoms with Crippen molar-refractivity contribution in [2.45, 2.75) is 20.8 Å². The van der Waals surface area contributed by atoms with Crippen LogP contribution in [0.2, 0.25) is 0 Å². The predicted octanol–water partition coefficient (Wildman–Crippen LogP) is 4.06. The predicted molar refractivity (Wildman–Crippen MR) is 107 cm³/mol. The van der Waals surface area contributed by atoms with Gasteiger partial charge in [-0.15, -0.1) is 0 Å². The van der Waals surface area contributed by atoms with Crippen LogP contribution < -0.4 is 4.90 Å². The molecule has 0 bridgehead atoms. The maximum Gasteiger partial charge on any atom is 0.253 e. The number of aryl methyl sites for hydroxylation is 3. The smallest absolute Gasteiger partial charge is 0.253 e. The minimum absolute atomic E-state index is 0.134. The molecule has 1 aromatic heterocycles. The molecular formula is C22H25N3O. The number of hydrogen-bond donors (Lipinski definition) is 1. The largest absolute Gasteiger partial charge is 0.368 e. The molecule has 3 aromatic rings. The second-order valence-corrected chi connectivity index (χ2v) is 7.20. The zero-order valence-corrected chi connectivity index (χ0v) is 15.7. The highest BCUT2D eigenvalue weighted by atomic mass is 16.2. The molecule has 2 heterocycles. The van der Waals surface area contributed by atoms with Gasteiger partial charge in [0.1, 0.15) is 0 Å². The van der Waals surface area contributed by atoms with E-state index in [-0.39, 0.29) is 5.91 Å². The van der Waals surface area contributed by atoms with Crippen molar-refractivity contribution in [3.05, 3.63) is 64.8 Å². The second-order valence-electron chi connectivity index (χ2n) is 7.20. The molecule has 0 spiro atoms. The lowest BCUT2D eigenvalue weighted by Crippen LogP contribution is -2.49. The Hall–Kier alpha value is -2.75. The number of nitrogens with one attached hydrogen (secondary N) is 1. The van der Waals surface area contributed by atoms with Gasteiger partial charge in [0.15, 0.2) is 0 Å². The minimum atomic E-state index is 0.134. The van der Waals surface area contributed by atoms with Gasteiger partial charge in [0.25, 0.3) is 5.91 Å². The first-order valence-corrected chi connectivity index (χ1v) is 9.23. The van der Waals surface area contributed by atoms with Gasteiger partial charge in [-0.3, -0.25) is 4.79 Å². The van der Waals surface area contributed by atoms with E-state index in [1.54, 1.807) is 0 Å². The first kappa shape index (κ1) is 16.7. The Morgan fingerprint density at radius 1 is 0.962 bits per heavy atom. The Kier molecular flexibility index (Phi) is 4.19. The van der Waals surface area contributed by atoms with Gasteiger partial charge in [-0.1, -0.05) is 18.2 Å². The second kappa shape index (κ2) is 6.52. The fourth-order valence-electron chi connectivity index (χ4n) is 3.85. The van der Waals surface area contributed by atoms with E-state index in [2.05, 4.69) is 54.9 Å². The molecule has 1 fully saturated rings. The summed E-state index contributed by atoms with van der Waals surface area (Å²) in [7, 11) is 0. The third-order valence-electron chi connectivity index (χ3n) is 5.58. The lowest BCUT2D eigenvalue weighted by Gasteiger charge is -2.36. The molecule has 0 atom stereocenters. The van der Waals surface area contributed by atoms with Crippen LogP contribution in [0.25, 0.3) is 10.9 Å². The Labute approximate surface area is 154 Å². The first-order chi connectivity index (χ1) is 12.5. The van der Waals surface area contributed by atoms with Crippen molar-refractivity contribution >= 4 is 22.5 Å². The zero-order valence-electron chi connectivity index (χ0n) is 15.7. The van der Waals surface area contributed by atoms with Crippen molar-refractivity contribution in [2.24, 2.45) is 0 Å². The molecule has 26 heavy (non-hydrogen) atoms. The van der Waals surface area contributed by atoms with Gasteiger partial charge >= 0.3 is 0 Å². The van der Waals surface area contributed by atoms with Crippen LogP contribution in [0.3, 0.4) is 0 Å². The zero-order chi connectivity index (χ0) is 18.3. The Bertz CT molecular complexity index is 965. The summed E-state index contributed by atoms with van der Waals surface area (Å²) in [4.78, 5) is 20.7. The number of amides is 1. The number of piperazine rings is 1. The average molecular weight is 347 g/mol. The van der Waals surface area contributed by atoms with Crippen LogP contribution in [0.4, 0.5) is 5.69 Å². The number of fused-ring (bicyclic) bond motifs is 1. The van der Waals surface area contributed by atoms with E-state index in [1.165, 1.54) is 16.8 Å². The summed E-state index contributed by atoms with van der Waals surface area (Å²) in [6.07, 6.45) is 0. The standard InChI is InChI=1S/C22H25N3O/c1-15-6-4-5-7-21(15)24-10-12-25(13-11-24)22(26)18-8-9-20-19(14-18)16(2)17(3)23-20/h4-9,14,23H,10-13H2,1-3H3. The average Bonchev–Trinajstić information content (AvgIpc) is 2.95. The molecule has 4 heteroatoms. The highest BCUT2D eigenvalue weighted by Gasteiger charge is 2.23. The summed E-state index contributed by atoms with van der Waals surface area (Å²) in [5, 5.41) is 1.15. The van der Waals surface area contributed by atoms with E-state index in [0.717, 1.165) is 48.3 Å². The lowest BCUT2D eigenvalue weighted by molar-refractivity contribution is 0.0747. The van der Waals surface area contributed by atoms with E-state index in [1.807, 2.05) is 23.1 Å². The molecule has 4 nitrogen and oxygen atoms in total. The maximum atomic E-state index is 13.0. The van der Waals surface area contributed by atoms with Crippen molar-refractivity contribution < 1.29 is 4.79 Å². The number of anilines is 1. The fraction of sp³-hybridized carbons (Fsp3) is 0.318. The molecule has 134 valence electrons. The quantitative estimate of drug-likeness (QED) is 0.759. The fourth-order valence-corrected chi connectivity index (χ4v) is 3.85.